The summed E-state index contributed by atoms with van der Waals surface area (Å²) in [5, 5.41) is 10.6. The first-order chi connectivity index (χ1) is 9.11. The molecule has 0 spiro atoms. The molecule has 0 radical (unpaired) electrons. The van der Waals surface area contributed by atoms with Gasteiger partial charge in [0.25, 0.3) is 0 Å². The van der Waals surface area contributed by atoms with Gasteiger partial charge >= 0.3 is 0 Å². The van der Waals surface area contributed by atoms with Gasteiger partial charge in [-0.3, -0.25) is 0 Å². The Morgan fingerprint density at radius 3 is 2.68 bits per heavy atom. The van der Waals surface area contributed by atoms with Crippen LogP contribution in [-0.2, 0) is 6.42 Å². The molecule has 1 unspecified atom stereocenters. The first kappa shape index (κ1) is 14.4. The molecule has 1 N–H and O–H groups in total. The molecule has 0 amide bonds. The zero-order valence-electron chi connectivity index (χ0n) is 10.4. The molecule has 0 saturated carbocycles. The molecular weight excluding hydrogens is 283 g/mol. The van der Waals surface area contributed by atoms with Gasteiger partial charge in [0, 0.05) is 16.3 Å². The van der Waals surface area contributed by atoms with Crippen molar-refractivity contribution < 1.29 is 9.50 Å². The Kier molecular flexibility index (Phi) is 4.86. The van der Waals surface area contributed by atoms with E-state index in [0.717, 1.165) is 10.5 Å². The average Bonchev–Trinajstić information content (AvgIpc) is 2.41. The lowest BCUT2D eigenvalue weighted by Gasteiger charge is -2.15. The van der Waals surface area contributed by atoms with E-state index in [0.29, 0.717) is 10.6 Å². The summed E-state index contributed by atoms with van der Waals surface area (Å²) in [5.41, 5.74) is 1.29. The van der Waals surface area contributed by atoms with Crippen molar-refractivity contribution in [3.05, 3.63) is 64.4 Å². The van der Waals surface area contributed by atoms with E-state index in [-0.39, 0.29) is 12.2 Å². The standard InChI is InChI=1S/C15H14ClFOS/c1-19-15-5-3-2-4-12(15)14(18)8-10-6-7-11(16)9-13(10)17/h2-7,9,14,18H,8H2,1H3. The number of halogens is 2. The van der Waals surface area contributed by atoms with Gasteiger partial charge in [-0.25, -0.2) is 4.39 Å². The third-order valence-electron chi connectivity index (χ3n) is 2.93. The van der Waals surface area contributed by atoms with Crippen molar-refractivity contribution in [2.45, 2.75) is 17.4 Å². The molecule has 1 nitrogen and oxygen atoms in total. The molecule has 0 fully saturated rings. The van der Waals surface area contributed by atoms with Crippen LogP contribution in [0.3, 0.4) is 0 Å². The molecule has 2 aromatic carbocycles. The van der Waals surface area contributed by atoms with Crippen LogP contribution in [0.2, 0.25) is 5.02 Å². The fourth-order valence-corrected chi connectivity index (χ4v) is 2.76. The highest BCUT2D eigenvalue weighted by atomic mass is 35.5. The molecule has 2 aromatic rings. The summed E-state index contributed by atoms with van der Waals surface area (Å²) in [6, 6.07) is 12.1. The van der Waals surface area contributed by atoms with Gasteiger partial charge in [-0.1, -0.05) is 35.9 Å². The van der Waals surface area contributed by atoms with Crippen LogP contribution in [0.25, 0.3) is 0 Å². The highest BCUT2D eigenvalue weighted by molar-refractivity contribution is 7.98. The number of hydrogen-bond acceptors (Lipinski definition) is 2. The Bertz CT molecular complexity index is 574. The van der Waals surface area contributed by atoms with E-state index >= 15 is 0 Å². The van der Waals surface area contributed by atoms with Gasteiger partial charge in [0.05, 0.1) is 6.10 Å². The maximum absolute atomic E-state index is 13.7. The highest BCUT2D eigenvalue weighted by Gasteiger charge is 2.14. The largest absolute Gasteiger partial charge is 0.388 e. The fourth-order valence-electron chi connectivity index (χ4n) is 1.95. The minimum Gasteiger partial charge on any atom is -0.388 e. The van der Waals surface area contributed by atoms with E-state index in [9.17, 15) is 9.50 Å². The van der Waals surface area contributed by atoms with Crippen LogP contribution in [0.15, 0.2) is 47.4 Å². The van der Waals surface area contributed by atoms with Gasteiger partial charge in [0.15, 0.2) is 0 Å². The first-order valence-electron chi connectivity index (χ1n) is 5.86. The lowest BCUT2D eigenvalue weighted by atomic mass is 10.0. The number of rotatable bonds is 4. The molecule has 0 aliphatic rings. The molecule has 1 atom stereocenters. The van der Waals surface area contributed by atoms with Gasteiger partial charge in [0.1, 0.15) is 5.82 Å². The van der Waals surface area contributed by atoms with E-state index in [1.807, 2.05) is 30.5 Å². The lowest BCUT2D eigenvalue weighted by Crippen LogP contribution is -2.04. The second kappa shape index (κ2) is 6.42. The quantitative estimate of drug-likeness (QED) is 0.840. The predicted octanol–water partition coefficient (Wildman–Crippen LogP) is 4.48. The maximum atomic E-state index is 13.7. The van der Waals surface area contributed by atoms with Crippen LogP contribution in [-0.4, -0.2) is 11.4 Å². The smallest absolute Gasteiger partial charge is 0.127 e. The Morgan fingerprint density at radius 2 is 2.00 bits per heavy atom. The zero-order chi connectivity index (χ0) is 13.8. The normalized spacial score (nSPS) is 12.4. The molecule has 0 aliphatic carbocycles. The molecule has 0 bridgehead atoms. The number of aliphatic hydroxyl groups is 1. The summed E-state index contributed by atoms with van der Waals surface area (Å²) < 4.78 is 13.7. The number of benzene rings is 2. The van der Waals surface area contributed by atoms with Crippen LogP contribution in [0, 0.1) is 5.82 Å². The number of hydrogen-bond donors (Lipinski definition) is 1. The monoisotopic (exact) mass is 296 g/mol. The molecule has 19 heavy (non-hydrogen) atoms. The molecule has 100 valence electrons. The third kappa shape index (κ3) is 3.50. The van der Waals surface area contributed by atoms with Crippen LogP contribution < -0.4 is 0 Å². The molecule has 0 aromatic heterocycles. The topological polar surface area (TPSA) is 20.2 Å². The summed E-state index contributed by atoms with van der Waals surface area (Å²) in [6.07, 6.45) is 1.47. The maximum Gasteiger partial charge on any atom is 0.127 e. The van der Waals surface area contributed by atoms with Gasteiger partial charge < -0.3 is 5.11 Å². The summed E-state index contributed by atoms with van der Waals surface area (Å²) >= 11 is 7.28. The van der Waals surface area contributed by atoms with E-state index in [4.69, 9.17) is 11.6 Å². The van der Waals surface area contributed by atoms with Crippen molar-refractivity contribution in [2.75, 3.05) is 6.26 Å². The lowest BCUT2D eigenvalue weighted by molar-refractivity contribution is 0.174. The summed E-state index contributed by atoms with van der Waals surface area (Å²) in [4.78, 5) is 1.00. The third-order valence-corrected chi connectivity index (χ3v) is 3.97. The second-order valence-corrected chi connectivity index (χ2v) is 5.48. The van der Waals surface area contributed by atoms with Crippen molar-refractivity contribution in [1.29, 1.82) is 0 Å². The van der Waals surface area contributed by atoms with E-state index in [1.54, 1.807) is 23.9 Å². The predicted molar refractivity (Wildman–Crippen MR) is 78.3 cm³/mol. The van der Waals surface area contributed by atoms with Crippen molar-refractivity contribution >= 4 is 23.4 Å². The van der Waals surface area contributed by atoms with Gasteiger partial charge in [0.2, 0.25) is 0 Å². The van der Waals surface area contributed by atoms with Crippen LogP contribution in [0.5, 0.6) is 0 Å². The molecule has 4 heteroatoms. The molecule has 0 aliphatic heterocycles. The van der Waals surface area contributed by atoms with Crippen molar-refractivity contribution in [3.8, 4) is 0 Å². The summed E-state index contributed by atoms with van der Waals surface area (Å²) in [7, 11) is 0. The van der Waals surface area contributed by atoms with E-state index in [1.165, 1.54) is 6.07 Å². The molecule has 2 rings (SSSR count). The molecule has 0 saturated heterocycles. The van der Waals surface area contributed by atoms with Gasteiger partial charge in [-0.05, 0) is 35.6 Å². The number of aliphatic hydroxyl groups excluding tert-OH is 1. The van der Waals surface area contributed by atoms with Gasteiger partial charge in [-0.15, -0.1) is 11.8 Å². The van der Waals surface area contributed by atoms with E-state index in [2.05, 4.69) is 0 Å². The SMILES string of the molecule is CSc1ccccc1C(O)Cc1ccc(Cl)cc1F. The average molecular weight is 297 g/mol. The molecular formula is C15H14ClFOS. The molecule has 0 heterocycles. The summed E-state index contributed by atoms with van der Waals surface area (Å²) in [6.45, 7) is 0. The Hall–Kier alpha value is -1.03. The summed E-state index contributed by atoms with van der Waals surface area (Å²) in [5.74, 6) is -0.381. The second-order valence-electron chi connectivity index (χ2n) is 4.20. The Balaban J connectivity index is 2.23. The number of thioether (sulfide) groups is 1. The highest BCUT2D eigenvalue weighted by Crippen LogP contribution is 2.28. The van der Waals surface area contributed by atoms with Gasteiger partial charge in [-0.2, -0.15) is 0 Å². The fraction of sp³-hybridized carbons (Fsp3) is 0.200. The van der Waals surface area contributed by atoms with E-state index < -0.39 is 6.10 Å². The first-order valence-corrected chi connectivity index (χ1v) is 7.47. The minimum absolute atomic E-state index is 0.237. The van der Waals surface area contributed by atoms with Crippen LogP contribution in [0.1, 0.15) is 17.2 Å². The Morgan fingerprint density at radius 1 is 1.26 bits per heavy atom. The van der Waals surface area contributed by atoms with Crippen molar-refractivity contribution in [1.82, 2.24) is 0 Å². The Labute approximate surface area is 121 Å². The van der Waals surface area contributed by atoms with Crippen molar-refractivity contribution in [2.24, 2.45) is 0 Å². The zero-order valence-corrected chi connectivity index (χ0v) is 12.0. The van der Waals surface area contributed by atoms with Crippen LogP contribution in [0.4, 0.5) is 4.39 Å². The van der Waals surface area contributed by atoms with Crippen LogP contribution >= 0.6 is 23.4 Å². The van der Waals surface area contributed by atoms with Crippen molar-refractivity contribution in [3.63, 3.8) is 0 Å². The minimum atomic E-state index is -0.723.